The van der Waals surface area contributed by atoms with Gasteiger partial charge in [-0.15, -0.1) is 5.10 Å². The summed E-state index contributed by atoms with van der Waals surface area (Å²) < 4.78 is 6.85. The van der Waals surface area contributed by atoms with Crippen molar-refractivity contribution in [2.24, 2.45) is 0 Å². The van der Waals surface area contributed by atoms with Crippen molar-refractivity contribution in [1.82, 2.24) is 25.3 Å². The number of rotatable bonds is 9. The number of anilines is 1. The van der Waals surface area contributed by atoms with Gasteiger partial charge in [-0.3, -0.25) is 19.5 Å². The lowest BCUT2D eigenvalue weighted by Gasteiger charge is -2.34. The predicted molar refractivity (Wildman–Crippen MR) is 137 cm³/mol. The molecule has 1 N–H and O–H groups in total. The van der Waals surface area contributed by atoms with E-state index in [0.29, 0.717) is 22.5 Å². The average molecular weight is 487 g/mol. The topological polar surface area (TPSA) is 102 Å². The summed E-state index contributed by atoms with van der Waals surface area (Å²) in [6, 6.07) is 17.0. The van der Waals surface area contributed by atoms with Crippen LogP contribution in [0.25, 0.3) is 11.0 Å². The molecule has 1 unspecified atom stereocenters. The number of hydrogen-bond acceptors (Lipinski definition) is 6. The van der Waals surface area contributed by atoms with Gasteiger partial charge in [0.15, 0.2) is 0 Å². The van der Waals surface area contributed by atoms with Crippen LogP contribution in [-0.4, -0.2) is 44.4 Å². The van der Waals surface area contributed by atoms with Gasteiger partial charge in [-0.25, -0.2) is 4.68 Å². The quantitative estimate of drug-likeness (QED) is 0.385. The Morgan fingerprint density at radius 1 is 1.06 bits per heavy atom. The van der Waals surface area contributed by atoms with Gasteiger partial charge >= 0.3 is 0 Å². The van der Waals surface area contributed by atoms with Crippen molar-refractivity contribution in [3.8, 4) is 5.75 Å². The van der Waals surface area contributed by atoms with Gasteiger partial charge in [-0.2, -0.15) is 0 Å². The van der Waals surface area contributed by atoms with E-state index in [1.54, 1.807) is 60.6 Å². The SMILES string of the molecule is CCC(C)(C)NC(=O)C(c1ccncc1)N(C(=O)Cn1nnc2ccccc21)c1ccc(OC)cc1. The van der Waals surface area contributed by atoms with Gasteiger partial charge in [0.05, 0.1) is 12.6 Å². The Labute approximate surface area is 210 Å². The molecule has 0 saturated heterocycles. The first-order chi connectivity index (χ1) is 17.3. The molecule has 0 aliphatic heterocycles. The number of ether oxygens (including phenoxy) is 1. The van der Waals surface area contributed by atoms with Crippen LogP contribution in [0.5, 0.6) is 5.75 Å². The van der Waals surface area contributed by atoms with Crippen molar-refractivity contribution in [3.05, 3.63) is 78.6 Å². The van der Waals surface area contributed by atoms with Crippen LogP contribution < -0.4 is 15.0 Å². The normalized spacial score (nSPS) is 12.2. The molecular weight excluding hydrogens is 456 g/mol. The second-order valence-corrected chi connectivity index (χ2v) is 9.11. The third-order valence-corrected chi connectivity index (χ3v) is 6.20. The maximum Gasteiger partial charge on any atom is 0.249 e. The Hall–Kier alpha value is -4.27. The van der Waals surface area contributed by atoms with E-state index in [-0.39, 0.29) is 18.4 Å². The highest BCUT2D eigenvalue weighted by atomic mass is 16.5. The number of fused-ring (bicyclic) bond motifs is 1. The minimum Gasteiger partial charge on any atom is -0.497 e. The minimum absolute atomic E-state index is 0.0986. The van der Waals surface area contributed by atoms with Crippen molar-refractivity contribution < 1.29 is 14.3 Å². The number of nitrogens with zero attached hydrogens (tertiary/aromatic N) is 5. The molecule has 0 bridgehead atoms. The number of hydrogen-bond donors (Lipinski definition) is 1. The van der Waals surface area contributed by atoms with Crippen LogP contribution >= 0.6 is 0 Å². The van der Waals surface area contributed by atoms with Crippen molar-refractivity contribution in [3.63, 3.8) is 0 Å². The van der Waals surface area contributed by atoms with E-state index in [2.05, 4.69) is 20.6 Å². The van der Waals surface area contributed by atoms with E-state index in [0.717, 1.165) is 11.9 Å². The third-order valence-electron chi connectivity index (χ3n) is 6.20. The van der Waals surface area contributed by atoms with Gasteiger partial charge in [-0.1, -0.05) is 24.3 Å². The molecule has 0 radical (unpaired) electrons. The summed E-state index contributed by atoms with van der Waals surface area (Å²) in [6.07, 6.45) is 3.95. The molecule has 2 heterocycles. The van der Waals surface area contributed by atoms with E-state index < -0.39 is 11.6 Å². The van der Waals surface area contributed by atoms with Crippen LogP contribution in [0.4, 0.5) is 5.69 Å². The number of carbonyl (C=O) groups excluding carboxylic acids is 2. The standard InChI is InChI=1S/C27H30N6O3/c1-5-27(2,3)29-26(35)25(19-14-16-28-17-15-19)33(20-10-12-21(36-4)13-11-20)24(34)18-32-23-9-7-6-8-22(23)30-31-32/h6-17,25H,5,18H2,1-4H3,(H,29,35). The van der Waals surface area contributed by atoms with Crippen LogP contribution in [0, 0.1) is 0 Å². The van der Waals surface area contributed by atoms with E-state index in [4.69, 9.17) is 4.74 Å². The molecule has 2 aromatic carbocycles. The van der Waals surface area contributed by atoms with Crippen molar-refractivity contribution in [1.29, 1.82) is 0 Å². The highest BCUT2D eigenvalue weighted by Crippen LogP contribution is 2.30. The summed E-state index contributed by atoms with van der Waals surface area (Å²) in [7, 11) is 1.58. The van der Waals surface area contributed by atoms with Gasteiger partial charge in [0.25, 0.3) is 0 Å². The molecule has 4 rings (SSSR count). The van der Waals surface area contributed by atoms with Crippen LogP contribution in [0.15, 0.2) is 73.1 Å². The fraction of sp³-hybridized carbons (Fsp3) is 0.296. The molecule has 9 nitrogen and oxygen atoms in total. The number of benzene rings is 2. The highest BCUT2D eigenvalue weighted by molar-refractivity contribution is 6.01. The molecule has 36 heavy (non-hydrogen) atoms. The molecule has 0 saturated carbocycles. The van der Waals surface area contributed by atoms with Crippen molar-refractivity contribution >= 4 is 28.5 Å². The Kier molecular flexibility index (Phi) is 7.28. The Balaban J connectivity index is 1.80. The Morgan fingerprint density at radius 3 is 2.42 bits per heavy atom. The number of para-hydroxylation sites is 1. The summed E-state index contributed by atoms with van der Waals surface area (Å²) in [5.41, 5.74) is 2.16. The van der Waals surface area contributed by atoms with Gasteiger partial charge in [0.2, 0.25) is 11.8 Å². The zero-order valence-electron chi connectivity index (χ0n) is 20.9. The van der Waals surface area contributed by atoms with Crippen LogP contribution in [0.1, 0.15) is 38.8 Å². The summed E-state index contributed by atoms with van der Waals surface area (Å²) in [6.45, 7) is 5.81. The zero-order chi connectivity index (χ0) is 25.7. The van der Waals surface area contributed by atoms with Crippen LogP contribution in [-0.2, 0) is 16.1 Å². The summed E-state index contributed by atoms with van der Waals surface area (Å²) in [5, 5.41) is 11.4. The molecular formula is C27H30N6O3. The fourth-order valence-corrected chi connectivity index (χ4v) is 3.87. The lowest BCUT2D eigenvalue weighted by molar-refractivity contribution is -0.128. The Bertz CT molecular complexity index is 1330. The number of nitrogens with one attached hydrogen (secondary N) is 1. The first-order valence-electron chi connectivity index (χ1n) is 11.8. The first-order valence-corrected chi connectivity index (χ1v) is 11.8. The van der Waals surface area contributed by atoms with Gasteiger partial charge in [-0.05, 0) is 74.4 Å². The lowest BCUT2D eigenvalue weighted by atomic mass is 9.98. The molecule has 0 spiro atoms. The molecule has 0 aliphatic carbocycles. The van der Waals surface area contributed by atoms with Crippen molar-refractivity contribution in [2.75, 3.05) is 12.0 Å². The molecule has 1 atom stereocenters. The first kappa shape index (κ1) is 24.8. The highest BCUT2D eigenvalue weighted by Gasteiger charge is 2.35. The van der Waals surface area contributed by atoms with E-state index >= 15 is 0 Å². The monoisotopic (exact) mass is 486 g/mol. The minimum atomic E-state index is -0.936. The summed E-state index contributed by atoms with van der Waals surface area (Å²) >= 11 is 0. The number of carbonyl (C=O) groups is 2. The molecule has 2 aromatic heterocycles. The summed E-state index contributed by atoms with van der Waals surface area (Å²) in [5.74, 6) is 0.0354. The second kappa shape index (κ2) is 10.6. The fourth-order valence-electron chi connectivity index (χ4n) is 3.87. The van der Waals surface area contributed by atoms with Crippen molar-refractivity contribution in [2.45, 2.75) is 45.3 Å². The molecule has 0 aliphatic rings. The lowest BCUT2D eigenvalue weighted by Crippen LogP contribution is -2.51. The maximum absolute atomic E-state index is 14.0. The zero-order valence-corrected chi connectivity index (χ0v) is 20.9. The maximum atomic E-state index is 14.0. The smallest absolute Gasteiger partial charge is 0.249 e. The largest absolute Gasteiger partial charge is 0.497 e. The number of methoxy groups -OCH3 is 1. The number of pyridine rings is 1. The number of amides is 2. The molecule has 9 heteroatoms. The summed E-state index contributed by atoms with van der Waals surface area (Å²) in [4.78, 5) is 33.4. The van der Waals surface area contributed by atoms with Gasteiger partial charge in [0, 0.05) is 23.6 Å². The van der Waals surface area contributed by atoms with E-state index in [1.165, 1.54) is 4.90 Å². The van der Waals surface area contributed by atoms with E-state index in [1.807, 2.05) is 45.0 Å². The molecule has 186 valence electrons. The number of aromatic nitrogens is 4. The van der Waals surface area contributed by atoms with Gasteiger partial charge in [0.1, 0.15) is 23.9 Å². The predicted octanol–water partition coefficient (Wildman–Crippen LogP) is 3.91. The Morgan fingerprint density at radius 2 is 1.75 bits per heavy atom. The average Bonchev–Trinajstić information content (AvgIpc) is 3.30. The molecule has 0 fully saturated rings. The molecule has 2 amide bonds. The van der Waals surface area contributed by atoms with Crippen LogP contribution in [0.2, 0.25) is 0 Å². The molecule has 4 aromatic rings. The third kappa shape index (κ3) is 5.35. The van der Waals surface area contributed by atoms with Crippen LogP contribution in [0.3, 0.4) is 0 Å². The van der Waals surface area contributed by atoms with E-state index in [9.17, 15) is 9.59 Å². The second-order valence-electron chi connectivity index (χ2n) is 9.11. The van der Waals surface area contributed by atoms with Gasteiger partial charge < -0.3 is 10.1 Å².